The maximum absolute atomic E-state index is 14.2. The van der Waals surface area contributed by atoms with E-state index in [1.54, 1.807) is 24.3 Å². The second-order valence-corrected chi connectivity index (χ2v) is 6.64. The Labute approximate surface area is 178 Å². The molecule has 1 amide bonds. The fourth-order valence-electron chi connectivity index (χ4n) is 3.13. The van der Waals surface area contributed by atoms with E-state index in [0.29, 0.717) is 17.0 Å². The Morgan fingerprint density at radius 3 is 2.41 bits per heavy atom. The third-order valence-corrected chi connectivity index (χ3v) is 4.64. The van der Waals surface area contributed by atoms with Crippen LogP contribution >= 0.6 is 0 Å². The van der Waals surface area contributed by atoms with Gasteiger partial charge in [-0.25, -0.2) is 18.0 Å². The van der Waals surface area contributed by atoms with Gasteiger partial charge < -0.3 is 21.5 Å². The van der Waals surface area contributed by atoms with Gasteiger partial charge in [0.2, 0.25) is 5.75 Å². The molecular weight excluding hydrogens is 427 g/mol. The number of halogens is 3. The van der Waals surface area contributed by atoms with Crippen molar-refractivity contribution in [3.05, 3.63) is 65.1 Å². The molecule has 2 aromatic carbocycles. The van der Waals surface area contributed by atoms with E-state index in [4.69, 9.17) is 16.2 Å². The van der Waals surface area contributed by atoms with Gasteiger partial charge in [0.25, 0.3) is 5.95 Å². The Morgan fingerprint density at radius 1 is 1.06 bits per heavy atom. The number of nitrogens with two attached hydrogens (primary N) is 2. The van der Waals surface area contributed by atoms with Crippen LogP contribution in [0.5, 0.6) is 5.75 Å². The highest BCUT2D eigenvalue weighted by atomic mass is 19.2. The van der Waals surface area contributed by atoms with E-state index in [2.05, 4.69) is 20.4 Å². The highest BCUT2D eigenvalue weighted by Crippen LogP contribution is 2.29. The van der Waals surface area contributed by atoms with Crippen molar-refractivity contribution in [2.45, 2.75) is 6.42 Å². The molecule has 4 rings (SSSR count). The lowest BCUT2D eigenvalue weighted by Crippen LogP contribution is -2.24. The van der Waals surface area contributed by atoms with Crippen molar-refractivity contribution >= 4 is 28.6 Å². The summed E-state index contributed by atoms with van der Waals surface area (Å²) in [6, 6.07) is 8.34. The molecule has 0 fully saturated rings. The summed E-state index contributed by atoms with van der Waals surface area (Å²) in [5.41, 5.74) is 12.0. The molecule has 0 aliphatic rings. The largest absolute Gasteiger partial charge is 0.412 e. The minimum atomic E-state index is -1.29. The number of amides is 1. The van der Waals surface area contributed by atoms with Crippen LogP contribution in [-0.2, 0) is 6.42 Å². The first kappa shape index (κ1) is 20.9. The van der Waals surface area contributed by atoms with E-state index in [0.717, 1.165) is 6.07 Å². The topological polar surface area (TPSA) is 134 Å². The second-order valence-electron chi connectivity index (χ2n) is 6.64. The molecule has 0 atom stereocenters. The molecular formula is C20H16F3N7O2. The molecule has 0 saturated heterocycles. The van der Waals surface area contributed by atoms with E-state index in [1.807, 2.05) is 0 Å². The molecule has 0 bridgehead atoms. The maximum Gasteiger partial charge on any atom is 0.412 e. The van der Waals surface area contributed by atoms with Gasteiger partial charge >= 0.3 is 6.09 Å². The summed E-state index contributed by atoms with van der Waals surface area (Å²) in [7, 11) is 1.35. The highest BCUT2D eigenvalue weighted by molar-refractivity contribution is 5.83. The number of hydrogen-bond donors (Lipinski definition) is 3. The normalized spacial score (nSPS) is 11.0. The zero-order valence-electron chi connectivity index (χ0n) is 16.6. The first-order valence-corrected chi connectivity index (χ1v) is 9.22. The van der Waals surface area contributed by atoms with Crippen molar-refractivity contribution in [2.24, 2.45) is 0 Å². The van der Waals surface area contributed by atoms with Gasteiger partial charge in [0.05, 0.1) is 11.2 Å². The third-order valence-electron chi connectivity index (χ3n) is 4.64. The fourth-order valence-corrected chi connectivity index (χ4v) is 3.13. The second kappa shape index (κ2) is 8.06. The number of aromatic nitrogens is 4. The number of fused-ring (bicyclic) bond motifs is 1. The molecule has 12 heteroatoms. The van der Waals surface area contributed by atoms with Gasteiger partial charge in [0.15, 0.2) is 23.3 Å². The molecule has 0 aliphatic carbocycles. The predicted octanol–water partition coefficient (Wildman–Crippen LogP) is 2.71. The minimum absolute atomic E-state index is 0.0631. The predicted molar refractivity (Wildman–Crippen MR) is 110 cm³/mol. The van der Waals surface area contributed by atoms with Gasteiger partial charge in [-0.15, -0.1) is 0 Å². The number of nitrogens with zero attached hydrogens (tertiary/aromatic N) is 4. The number of carbonyl (C=O) groups excluding carboxylic acids is 1. The van der Waals surface area contributed by atoms with Crippen molar-refractivity contribution in [1.29, 1.82) is 0 Å². The van der Waals surface area contributed by atoms with Gasteiger partial charge in [0.1, 0.15) is 5.82 Å². The number of rotatable bonds is 4. The molecule has 2 aromatic heterocycles. The maximum atomic E-state index is 14.2. The van der Waals surface area contributed by atoms with E-state index >= 15 is 0 Å². The summed E-state index contributed by atoms with van der Waals surface area (Å²) >= 11 is 0. The number of nitrogens with one attached hydrogen (secondary N) is 1. The molecule has 32 heavy (non-hydrogen) atoms. The average molecular weight is 443 g/mol. The van der Waals surface area contributed by atoms with E-state index < -0.39 is 29.1 Å². The van der Waals surface area contributed by atoms with Crippen LogP contribution in [0.25, 0.3) is 16.9 Å². The van der Waals surface area contributed by atoms with Crippen LogP contribution in [0.3, 0.4) is 0 Å². The minimum Gasteiger partial charge on any atom is -0.402 e. The fraction of sp³-hybridized carbons (Fsp3) is 0.100. The lowest BCUT2D eigenvalue weighted by molar-refractivity contribution is 0.203. The molecule has 9 nitrogen and oxygen atoms in total. The summed E-state index contributed by atoms with van der Waals surface area (Å²) in [6.07, 6.45) is -1.14. The lowest BCUT2D eigenvalue weighted by Gasteiger charge is -2.10. The van der Waals surface area contributed by atoms with Gasteiger partial charge in [-0.2, -0.15) is 19.7 Å². The van der Waals surface area contributed by atoms with Crippen molar-refractivity contribution < 1.29 is 22.7 Å². The van der Waals surface area contributed by atoms with Crippen molar-refractivity contribution in [3.63, 3.8) is 0 Å². The number of hydrogen-bond acceptors (Lipinski definition) is 7. The zero-order chi connectivity index (χ0) is 23.0. The number of para-hydroxylation sites is 1. The van der Waals surface area contributed by atoms with Crippen molar-refractivity contribution in [1.82, 2.24) is 25.1 Å². The Hall–Kier alpha value is -4.35. The van der Waals surface area contributed by atoms with Gasteiger partial charge in [0, 0.05) is 24.4 Å². The van der Waals surface area contributed by atoms with Crippen LogP contribution in [-0.4, -0.2) is 32.9 Å². The number of nitrogen functional groups attached to an aromatic ring is 2. The van der Waals surface area contributed by atoms with E-state index in [1.165, 1.54) is 11.7 Å². The average Bonchev–Trinajstić information content (AvgIpc) is 3.14. The van der Waals surface area contributed by atoms with Gasteiger partial charge in [-0.1, -0.05) is 18.2 Å². The number of ether oxygens (including phenoxy) is 1. The molecule has 0 spiro atoms. The van der Waals surface area contributed by atoms with Gasteiger partial charge in [-0.05, 0) is 18.2 Å². The zero-order valence-corrected chi connectivity index (χ0v) is 16.6. The summed E-state index contributed by atoms with van der Waals surface area (Å²) < 4.78 is 48.3. The summed E-state index contributed by atoms with van der Waals surface area (Å²) in [5.74, 6) is -4.09. The first-order chi connectivity index (χ1) is 15.3. The Kier molecular flexibility index (Phi) is 5.26. The molecule has 0 saturated carbocycles. The Bertz CT molecular complexity index is 1330. The molecule has 164 valence electrons. The Morgan fingerprint density at radius 2 is 1.72 bits per heavy atom. The van der Waals surface area contributed by atoms with Gasteiger partial charge in [-0.3, -0.25) is 0 Å². The van der Waals surface area contributed by atoms with Crippen LogP contribution in [0.15, 0.2) is 36.4 Å². The van der Waals surface area contributed by atoms with Crippen LogP contribution in [0, 0.1) is 17.5 Å². The first-order valence-electron chi connectivity index (χ1n) is 9.22. The number of benzene rings is 2. The monoisotopic (exact) mass is 443 g/mol. The number of anilines is 2. The highest BCUT2D eigenvalue weighted by Gasteiger charge is 2.21. The third kappa shape index (κ3) is 3.62. The van der Waals surface area contributed by atoms with Crippen molar-refractivity contribution in [3.8, 4) is 11.7 Å². The summed E-state index contributed by atoms with van der Waals surface area (Å²) in [5, 5.41) is 7.13. The van der Waals surface area contributed by atoms with Crippen LogP contribution in [0.4, 0.5) is 29.6 Å². The SMILES string of the molecule is CNC(=O)Oc1c(N)nc(-n2nc(Cc3c(F)ccc(F)c3F)c3ccccc32)nc1N. The summed E-state index contributed by atoms with van der Waals surface area (Å²) in [4.78, 5) is 19.6. The molecule has 5 N–H and O–H groups in total. The molecule has 2 heterocycles. The quantitative estimate of drug-likeness (QED) is 0.413. The standard InChI is InChI=1S/C20H16F3N7O2/c1-26-20(31)32-16-17(24)27-19(28-18(16)25)30-14-5-3-2-4-9(14)13(29-30)8-10-11(21)6-7-12(22)15(10)23/h2-7H,8H2,1H3,(H,26,31)(H4,24,25,27,28). The van der Waals surface area contributed by atoms with Crippen LogP contribution < -0.4 is 21.5 Å². The molecule has 0 radical (unpaired) electrons. The molecule has 0 aliphatic heterocycles. The smallest absolute Gasteiger partial charge is 0.402 e. The Balaban J connectivity index is 1.83. The molecule has 0 unspecified atom stereocenters. The summed E-state index contributed by atoms with van der Waals surface area (Å²) in [6.45, 7) is 0. The van der Waals surface area contributed by atoms with Crippen LogP contribution in [0.2, 0.25) is 0 Å². The van der Waals surface area contributed by atoms with Crippen molar-refractivity contribution in [2.75, 3.05) is 18.5 Å². The lowest BCUT2D eigenvalue weighted by atomic mass is 10.1. The molecule has 4 aromatic rings. The van der Waals surface area contributed by atoms with E-state index in [-0.39, 0.29) is 35.4 Å². The van der Waals surface area contributed by atoms with Crippen LogP contribution in [0.1, 0.15) is 11.3 Å². The van der Waals surface area contributed by atoms with E-state index in [9.17, 15) is 18.0 Å². The number of carbonyl (C=O) groups is 1.